The normalized spacial score (nSPS) is 11.3. The fourth-order valence-electron chi connectivity index (χ4n) is 3.38. The zero-order chi connectivity index (χ0) is 20.0. The quantitative estimate of drug-likeness (QED) is 0.448. The van der Waals surface area contributed by atoms with E-state index in [9.17, 15) is 4.79 Å². The molecule has 142 valence electrons. The second-order valence-electron chi connectivity index (χ2n) is 6.53. The van der Waals surface area contributed by atoms with Gasteiger partial charge in [0.05, 0.1) is 22.5 Å². The van der Waals surface area contributed by atoms with Crippen LogP contribution in [0.1, 0.15) is 5.76 Å². The number of nitrogen functional groups attached to an aromatic ring is 1. The molecule has 0 amide bonds. The summed E-state index contributed by atoms with van der Waals surface area (Å²) in [7, 11) is 0. The molecule has 0 aliphatic rings. The maximum atomic E-state index is 13.4. The van der Waals surface area contributed by atoms with Gasteiger partial charge in [0, 0.05) is 4.47 Å². The van der Waals surface area contributed by atoms with E-state index in [1.54, 1.807) is 23.0 Å². The Balaban J connectivity index is 1.77. The maximum absolute atomic E-state index is 13.4. The van der Waals surface area contributed by atoms with Crippen LogP contribution in [0.3, 0.4) is 0 Å². The van der Waals surface area contributed by atoms with Crippen LogP contribution in [-0.4, -0.2) is 19.7 Å². The van der Waals surface area contributed by atoms with Gasteiger partial charge in [-0.15, -0.1) is 0 Å². The molecular formula is C21H14BrN5O2. The maximum Gasteiger partial charge on any atom is 0.200 e. The van der Waals surface area contributed by atoms with E-state index in [4.69, 9.17) is 10.2 Å². The molecule has 7 nitrogen and oxygen atoms in total. The van der Waals surface area contributed by atoms with Crippen molar-refractivity contribution in [2.75, 3.05) is 5.73 Å². The Hall–Kier alpha value is -3.52. The Morgan fingerprint density at radius 2 is 1.90 bits per heavy atom. The highest BCUT2D eigenvalue weighted by Crippen LogP contribution is 2.27. The topological polar surface area (TPSA) is 99.8 Å². The number of nitrogens with zero attached hydrogens (tertiary/aromatic N) is 4. The second kappa shape index (κ2) is 6.82. The summed E-state index contributed by atoms with van der Waals surface area (Å²) in [6, 6.07) is 14.9. The van der Waals surface area contributed by atoms with Crippen LogP contribution < -0.4 is 11.2 Å². The Morgan fingerprint density at radius 1 is 1.07 bits per heavy atom. The highest BCUT2D eigenvalue weighted by molar-refractivity contribution is 9.10. The van der Waals surface area contributed by atoms with E-state index in [0.29, 0.717) is 39.1 Å². The number of hydrogen-bond donors (Lipinski definition) is 1. The number of fused-ring (bicyclic) bond motifs is 2. The lowest BCUT2D eigenvalue weighted by molar-refractivity contribution is 0.506. The summed E-state index contributed by atoms with van der Waals surface area (Å²) in [6.45, 7) is 0.228. The van der Waals surface area contributed by atoms with E-state index in [2.05, 4.69) is 31.0 Å². The smallest absolute Gasteiger partial charge is 0.200 e. The molecule has 3 heterocycles. The lowest BCUT2D eigenvalue weighted by Gasteiger charge is -2.11. The Bertz CT molecular complexity index is 1430. The summed E-state index contributed by atoms with van der Waals surface area (Å²) in [4.78, 5) is 21.7. The fourth-order valence-corrected chi connectivity index (χ4v) is 3.75. The Kier molecular flexibility index (Phi) is 4.13. The van der Waals surface area contributed by atoms with Gasteiger partial charge in [-0.05, 0) is 23.8 Å². The van der Waals surface area contributed by atoms with Crippen LogP contribution in [0.25, 0.3) is 33.1 Å². The molecule has 0 bridgehead atoms. The number of halogens is 1. The fraction of sp³-hybridized carbons (Fsp3) is 0.0476. The molecule has 2 aromatic carbocycles. The van der Waals surface area contributed by atoms with E-state index < -0.39 is 0 Å². The van der Waals surface area contributed by atoms with Gasteiger partial charge in [0.2, 0.25) is 5.43 Å². The van der Waals surface area contributed by atoms with Crippen molar-refractivity contribution in [3.05, 3.63) is 81.5 Å². The van der Waals surface area contributed by atoms with Crippen molar-refractivity contribution >= 4 is 43.8 Å². The van der Waals surface area contributed by atoms with E-state index in [-0.39, 0.29) is 12.0 Å². The first-order valence-electron chi connectivity index (χ1n) is 8.84. The third-order valence-electron chi connectivity index (χ3n) is 4.75. The van der Waals surface area contributed by atoms with Gasteiger partial charge in [-0.1, -0.05) is 46.3 Å². The number of aromatic nitrogens is 4. The van der Waals surface area contributed by atoms with Gasteiger partial charge in [0.15, 0.2) is 5.65 Å². The first kappa shape index (κ1) is 17.6. The van der Waals surface area contributed by atoms with Gasteiger partial charge >= 0.3 is 0 Å². The molecule has 0 saturated carbocycles. The van der Waals surface area contributed by atoms with E-state index in [1.807, 2.05) is 36.4 Å². The standard InChI is InChI=1S/C21H14BrN5O2/c22-13-6-7-16-14(8-13)19(28)18(12-4-2-1-3-5-12)17(29-16)10-27-21-15(9-26-27)20(23)24-11-25-21/h1-9,11H,10H2,(H2,23,24,25). The molecule has 5 rings (SSSR count). The lowest BCUT2D eigenvalue weighted by Crippen LogP contribution is -2.12. The minimum Gasteiger partial charge on any atom is -0.458 e. The first-order chi connectivity index (χ1) is 14.1. The van der Waals surface area contributed by atoms with Crippen LogP contribution in [0, 0.1) is 0 Å². The summed E-state index contributed by atoms with van der Waals surface area (Å²) in [6.07, 6.45) is 3.01. The molecule has 0 unspecified atom stereocenters. The summed E-state index contributed by atoms with van der Waals surface area (Å²) in [5.41, 5.74) is 8.19. The summed E-state index contributed by atoms with van der Waals surface area (Å²) >= 11 is 3.43. The highest BCUT2D eigenvalue weighted by atomic mass is 79.9. The van der Waals surface area contributed by atoms with Crippen LogP contribution in [0.15, 0.2) is 74.7 Å². The van der Waals surface area contributed by atoms with Gasteiger partial charge in [-0.25, -0.2) is 14.6 Å². The predicted molar refractivity (Wildman–Crippen MR) is 114 cm³/mol. The van der Waals surface area contributed by atoms with Gasteiger partial charge < -0.3 is 10.2 Å². The minimum atomic E-state index is -0.0978. The van der Waals surface area contributed by atoms with Gasteiger partial charge in [0.25, 0.3) is 0 Å². The number of benzene rings is 2. The molecule has 3 aromatic heterocycles. The van der Waals surface area contributed by atoms with E-state index in [0.717, 1.165) is 10.0 Å². The molecule has 0 atom stereocenters. The SMILES string of the molecule is Nc1ncnc2c1cnn2Cc1oc2ccc(Br)cc2c(=O)c1-c1ccccc1. The molecule has 0 aliphatic heterocycles. The zero-order valence-electron chi connectivity index (χ0n) is 15.0. The number of anilines is 1. The molecule has 2 N–H and O–H groups in total. The highest BCUT2D eigenvalue weighted by Gasteiger charge is 2.18. The Labute approximate surface area is 172 Å². The number of rotatable bonds is 3. The third-order valence-corrected chi connectivity index (χ3v) is 5.24. The molecule has 5 aromatic rings. The van der Waals surface area contributed by atoms with Crippen LogP contribution in [0.2, 0.25) is 0 Å². The van der Waals surface area contributed by atoms with Crippen LogP contribution >= 0.6 is 15.9 Å². The van der Waals surface area contributed by atoms with Crippen molar-refractivity contribution in [3.8, 4) is 11.1 Å². The monoisotopic (exact) mass is 447 g/mol. The third kappa shape index (κ3) is 2.98. The van der Waals surface area contributed by atoms with E-state index in [1.165, 1.54) is 6.33 Å². The minimum absolute atomic E-state index is 0.0978. The summed E-state index contributed by atoms with van der Waals surface area (Å²) in [5.74, 6) is 0.854. The molecule has 8 heteroatoms. The van der Waals surface area contributed by atoms with Crippen molar-refractivity contribution in [1.29, 1.82) is 0 Å². The van der Waals surface area contributed by atoms with Crippen molar-refractivity contribution < 1.29 is 4.42 Å². The number of hydrogen-bond acceptors (Lipinski definition) is 6. The molecule has 0 saturated heterocycles. The molecule has 0 radical (unpaired) electrons. The molecular weight excluding hydrogens is 434 g/mol. The van der Waals surface area contributed by atoms with Crippen molar-refractivity contribution in [2.24, 2.45) is 0 Å². The lowest BCUT2D eigenvalue weighted by atomic mass is 10.0. The second-order valence-corrected chi connectivity index (χ2v) is 7.45. The molecule has 0 spiro atoms. The summed E-state index contributed by atoms with van der Waals surface area (Å²) in [5, 5.41) is 5.54. The van der Waals surface area contributed by atoms with Crippen molar-refractivity contribution in [3.63, 3.8) is 0 Å². The van der Waals surface area contributed by atoms with Crippen LogP contribution in [0.5, 0.6) is 0 Å². The van der Waals surface area contributed by atoms with Crippen LogP contribution in [-0.2, 0) is 6.54 Å². The van der Waals surface area contributed by atoms with Gasteiger partial charge in [0.1, 0.15) is 30.0 Å². The largest absolute Gasteiger partial charge is 0.458 e. The summed E-state index contributed by atoms with van der Waals surface area (Å²) < 4.78 is 8.65. The average molecular weight is 448 g/mol. The zero-order valence-corrected chi connectivity index (χ0v) is 16.6. The van der Waals surface area contributed by atoms with Crippen LogP contribution in [0.4, 0.5) is 5.82 Å². The average Bonchev–Trinajstić information content (AvgIpc) is 3.14. The Morgan fingerprint density at radius 3 is 2.72 bits per heavy atom. The van der Waals surface area contributed by atoms with E-state index >= 15 is 0 Å². The molecule has 0 fully saturated rings. The van der Waals surface area contributed by atoms with Gasteiger partial charge in [-0.3, -0.25) is 4.79 Å². The molecule has 0 aliphatic carbocycles. The first-order valence-corrected chi connectivity index (χ1v) is 9.64. The number of nitrogens with two attached hydrogens (primary N) is 1. The van der Waals surface area contributed by atoms with Crippen molar-refractivity contribution in [1.82, 2.24) is 19.7 Å². The predicted octanol–water partition coefficient (Wildman–Crippen LogP) is 3.99. The van der Waals surface area contributed by atoms with Gasteiger partial charge in [-0.2, -0.15) is 5.10 Å². The molecule has 29 heavy (non-hydrogen) atoms. The van der Waals surface area contributed by atoms with Crippen molar-refractivity contribution in [2.45, 2.75) is 6.54 Å².